The van der Waals surface area contributed by atoms with E-state index in [1.165, 1.54) is 19.3 Å². The van der Waals surface area contributed by atoms with Crippen molar-refractivity contribution in [2.75, 3.05) is 30.3 Å². The van der Waals surface area contributed by atoms with Gasteiger partial charge in [0.1, 0.15) is 5.82 Å². The molecule has 2 heterocycles. The van der Waals surface area contributed by atoms with E-state index in [-0.39, 0.29) is 0 Å². The minimum atomic E-state index is 0.561. The fourth-order valence-electron chi connectivity index (χ4n) is 1.99. The van der Waals surface area contributed by atoms with Crippen molar-refractivity contribution in [3.8, 4) is 5.88 Å². The monoisotopic (exact) mass is 221 g/mol. The Balaban J connectivity index is 2.17. The number of anilines is 2. The lowest BCUT2D eigenvalue weighted by molar-refractivity contribution is 0.329. The van der Waals surface area contributed by atoms with Crippen molar-refractivity contribution in [2.45, 2.75) is 26.2 Å². The number of rotatable bonds is 3. The number of pyridine rings is 1. The smallest absolute Gasteiger partial charge is 0.239 e. The van der Waals surface area contributed by atoms with Crippen molar-refractivity contribution >= 4 is 11.5 Å². The Labute approximate surface area is 96.4 Å². The van der Waals surface area contributed by atoms with Crippen molar-refractivity contribution in [2.24, 2.45) is 0 Å². The molecule has 1 aliphatic rings. The molecule has 0 radical (unpaired) electrons. The number of aromatic nitrogens is 1. The zero-order chi connectivity index (χ0) is 11.4. The predicted molar refractivity (Wildman–Crippen MR) is 65.9 cm³/mol. The molecule has 0 saturated carbocycles. The Kier molecular flexibility index (Phi) is 3.49. The lowest BCUT2D eigenvalue weighted by atomic mass is 10.1. The maximum Gasteiger partial charge on any atom is 0.239 e. The summed E-state index contributed by atoms with van der Waals surface area (Å²) in [6, 6.07) is 3.85. The van der Waals surface area contributed by atoms with Gasteiger partial charge in [0, 0.05) is 13.1 Å². The average Bonchev–Trinajstić information content (AvgIpc) is 2.33. The summed E-state index contributed by atoms with van der Waals surface area (Å²) in [6.45, 7) is 4.71. The number of piperidine rings is 1. The van der Waals surface area contributed by atoms with Gasteiger partial charge in [-0.25, -0.2) is 0 Å². The van der Waals surface area contributed by atoms with Crippen LogP contribution in [-0.2, 0) is 0 Å². The molecule has 2 rings (SSSR count). The summed E-state index contributed by atoms with van der Waals surface area (Å²) >= 11 is 0. The first-order chi connectivity index (χ1) is 7.81. The van der Waals surface area contributed by atoms with Crippen LogP contribution in [0.15, 0.2) is 12.1 Å². The lowest BCUT2D eigenvalue weighted by Gasteiger charge is -2.28. The first-order valence-electron chi connectivity index (χ1n) is 5.95. The van der Waals surface area contributed by atoms with Crippen LogP contribution in [0.3, 0.4) is 0 Å². The summed E-state index contributed by atoms with van der Waals surface area (Å²) in [7, 11) is 0. The lowest BCUT2D eigenvalue weighted by Crippen LogP contribution is -2.30. The minimum absolute atomic E-state index is 0.561. The molecular weight excluding hydrogens is 202 g/mol. The summed E-state index contributed by atoms with van der Waals surface area (Å²) in [5, 5.41) is 0. The SMILES string of the molecule is CCOc1nc(N2CCCCC2)ccc1N. The topological polar surface area (TPSA) is 51.4 Å². The van der Waals surface area contributed by atoms with Crippen LogP contribution in [0.25, 0.3) is 0 Å². The van der Waals surface area contributed by atoms with Crippen molar-refractivity contribution in [3.05, 3.63) is 12.1 Å². The van der Waals surface area contributed by atoms with E-state index in [1.807, 2.05) is 19.1 Å². The van der Waals surface area contributed by atoms with Gasteiger partial charge in [0.05, 0.1) is 12.3 Å². The van der Waals surface area contributed by atoms with Gasteiger partial charge in [-0.2, -0.15) is 4.98 Å². The van der Waals surface area contributed by atoms with Crippen LogP contribution in [0.4, 0.5) is 11.5 Å². The van der Waals surface area contributed by atoms with Crippen LogP contribution < -0.4 is 15.4 Å². The Hall–Kier alpha value is -1.45. The van der Waals surface area contributed by atoms with Gasteiger partial charge in [-0.05, 0) is 38.3 Å². The van der Waals surface area contributed by atoms with Gasteiger partial charge in [-0.1, -0.05) is 0 Å². The molecule has 16 heavy (non-hydrogen) atoms. The van der Waals surface area contributed by atoms with Gasteiger partial charge < -0.3 is 15.4 Å². The number of nitrogens with zero attached hydrogens (tertiary/aromatic N) is 2. The van der Waals surface area contributed by atoms with Gasteiger partial charge in [-0.15, -0.1) is 0 Å². The van der Waals surface area contributed by atoms with Gasteiger partial charge >= 0.3 is 0 Å². The normalized spacial score (nSPS) is 16.2. The van der Waals surface area contributed by atoms with Crippen LogP contribution in [0.1, 0.15) is 26.2 Å². The minimum Gasteiger partial charge on any atom is -0.476 e. The highest BCUT2D eigenvalue weighted by molar-refractivity contribution is 5.54. The molecule has 0 bridgehead atoms. The first kappa shape index (κ1) is 11.0. The maximum absolute atomic E-state index is 5.80. The Morgan fingerprint density at radius 1 is 1.31 bits per heavy atom. The fourth-order valence-corrected chi connectivity index (χ4v) is 1.99. The van der Waals surface area contributed by atoms with E-state index in [2.05, 4.69) is 9.88 Å². The average molecular weight is 221 g/mol. The van der Waals surface area contributed by atoms with E-state index < -0.39 is 0 Å². The van der Waals surface area contributed by atoms with Crippen molar-refractivity contribution < 1.29 is 4.74 Å². The highest BCUT2D eigenvalue weighted by Gasteiger charge is 2.13. The summed E-state index contributed by atoms with van der Waals surface area (Å²) < 4.78 is 5.41. The van der Waals surface area contributed by atoms with E-state index in [4.69, 9.17) is 10.5 Å². The second-order valence-electron chi connectivity index (χ2n) is 4.04. The van der Waals surface area contributed by atoms with Crippen LogP contribution in [-0.4, -0.2) is 24.7 Å². The molecule has 1 aromatic heterocycles. The Morgan fingerprint density at radius 3 is 2.75 bits per heavy atom. The highest BCUT2D eigenvalue weighted by atomic mass is 16.5. The fraction of sp³-hybridized carbons (Fsp3) is 0.583. The summed E-state index contributed by atoms with van der Waals surface area (Å²) in [5.41, 5.74) is 6.41. The first-order valence-corrected chi connectivity index (χ1v) is 5.95. The van der Waals surface area contributed by atoms with Crippen LogP contribution in [0, 0.1) is 0 Å². The van der Waals surface area contributed by atoms with Gasteiger partial charge in [0.2, 0.25) is 5.88 Å². The predicted octanol–water partition coefficient (Wildman–Crippen LogP) is 2.05. The molecule has 1 saturated heterocycles. The third kappa shape index (κ3) is 2.38. The van der Waals surface area contributed by atoms with E-state index in [1.54, 1.807) is 0 Å². The van der Waals surface area contributed by atoms with Gasteiger partial charge in [-0.3, -0.25) is 0 Å². The molecule has 1 fully saturated rings. The van der Waals surface area contributed by atoms with E-state index in [9.17, 15) is 0 Å². The molecule has 0 atom stereocenters. The molecular formula is C12H19N3O. The number of nitrogens with two attached hydrogens (primary N) is 1. The zero-order valence-corrected chi connectivity index (χ0v) is 9.78. The molecule has 0 amide bonds. The molecule has 88 valence electrons. The quantitative estimate of drug-likeness (QED) is 0.848. The zero-order valence-electron chi connectivity index (χ0n) is 9.78. The molecule has 1 aliphatic heterocycles. The highest BCUT2D eigenvalue weighted by Crippen LogP contribution is 2.24. The number of hydrogen-bond donors (Lipinski definition) is 1. The molecule has 2 N–H and O–H groups in total. The summed E-state index contributed by atoms with van der Waals surface area (Å²) in [5.74, 6) is 1.54. The Bertz CT molecular complexity index is 348. The van der Waals surface area contributed by atoms with E-state index in [0.717, 1.165) is 18.9 Å². The molecule has 1 aromatic rings. The third-order valence-electron chi connectivity index (χ3n) is 2.84. The molecule has 4 nitrogen and oxygen atoms in total. The maximum atomic E-state index is 5.80. The van der Waals surface area contributed by atoms with Gasteiger partial charge in [0.25, 0.3) is 0 Å². The second kappa shape index (κ2) is 5.05. The number of ether oxygens (including phenoxy) is 1. The standard InChI is InChI=1S/C12H19N3O/c1-2-16-12-10(13)6-7-11(14-12)15-8-4-3-5-9-15/h6-7H,2-5,8-9,13H2,1H3. The summed E-state index contributed by atoms with van der Waals surface area (Å²) in [4.78, 5) is 6.76. The van der Waals surface area contributed by atoms with E-state index in [0.29, 0.717) is 18.2 Å². The van der Waals surface area contributed by atoms with Crippen molar-refractivity contribution in [1.82, 2.24) is 4.98 Å². The molecule has 4 heteroatoms. The molecule has 0 spiro atoms. The molecule has 0 unspecified atom stereocenters. The second-order valence-corrected chi connectivity index (χ2v) is 4.04. The van der Waals surface area contributed by atoms with E-state index >= 15 is 0 Å². The van der Waals surface area contributed by atoms with Gasteiger partial charge in [0.15, 0.2) is 0 Å². The molecule has 0 aromatic carbocycles. The largest absolute Gasteiger partial charge is 0.476 e. The van der Waals surface area contributed by atoms with Crippen molar-refractivity contribution in [1.29, 1.82) is 0 Å². The van der Waals surface area contributed by atoms with Crippen LogP contribution >= 0.6 is 0 Å². The number of nitrogen functional groups attached to an aromatic ring is 1. The summed E-state index contributed by atoms with van der Waals surface area (Å²) in [6.07, 6.45) is 3.82. The molecule has 0 aliphatic carbocycles. The number of hydrogen-bond acceptors (Lipinski definition) is 4. The Morgan fingerprint density at radius 2 is 2.06 bits per heavy atom. The van der Waals surface area contributed by atoms with Crippen molar-refractivity contribution in [3.63, 3.8) is 0 Å². The van der Waals surface area contributed by atoms with Crippen LogP contribution in [0.2, 0.25) is 0 Å². The van der Waals surface area contributed by atoms with Crippen LogP contribution in [0.5, 0.6) is 5.88 Å². The third-order valence-corrected chi connectivity index (χ3v) is 2.84.